The molecule has 0 heterocycles. The molecule has 3 atom stereocenters. The summed E-state index contributed by atoms with van der Waals surface area (Å²) in [6, 6.07) is -3.61. The van der Waals surface area contributed by atoms with Crippen LogP contribution in [0.1, 0.15) is 39.5 Å². The molecule has 0 radical (unpaired) electrons. The van der Waals surface area contributed by atoms with Gasteiger partial charge in [0, 0.05) is 6.42 Å². The summed E-state index contributed by atoms with van der Waals surface area (Å²) in [6.07, 6.45) is -0.517. The summed E-state index contributed by atoms with van der Waals surface area (Å²) in [4.78, 5) is 69.6. The summed E-state index contributed by atoms with van der Waals surface area (Å²) in [7, 11) is 0. The van der Waals surface area contributed by atoms with Gasteiger partial charge in [0.05, 0.1) is 12.5 Å². The van der Waals surface area contributed by atoms with Gasteiger partial charge in [-0.1, -0.05) is 13.8 Å². The van der Waals surface area contributed by atoms with E-state index in [0.29, 0.717) is 0 Å². The maximum absolute atomic E-state index is 12.6. The third kappa shape index (κ3) is 11.6. The zero-order valence-corrected chi connectivity index (χ0v) is 17.0. The van der Waals surface area contributed by atoms with Crippen LogP contribution in [0.3, 0.4) is 0 Å². The Labute approximate surface area is 173 Å². The normalized spacial score (nSPS) is 13.6. The second-order valence-electron chi connectivity index (χ2n) is 7.15. The summed E-state index contributed by atoms with van der Waals surface area (Å²) < 4.78 is 0. The molecular weight excluding hydrogens is 400 g/mol. The molecule has 0 fully saturated rings. The van der Waals surface area contributed by atoms with Crippen LogP contribution in [0.4, 0.5) is 0 Å². The summed E-state index contributed by atoms with van der Waals surface area (Å²) >= 11 is 0. The zero-order chi connectivity index (χ0) is 23.4. The number of nitrogens with one attached hydrogen (secondary N) is 3. The zero-order valence-electron chi connectivity index (χ0n) is 17.0. The first-order valence-electron chi connectivity index (χ1n) is 9.25. The van der Waals surface area contributed by atoms with Gasteiger partial charge in [-0.05, 0) is 18.8 Å². The van der Waals surface area contributed by atoms with Gasteiger partial charge in [-0.3, -0.25) is 28.8 Å². The summed E-state index contributed by atoms with van der Waals surface area (Å²) in [6.45, 7) is 2.87. The largest absolute Gasteiger partial charge is 0.480 e. The van der Waals surface area contributed by atoms with Gasteiger partial charge in [-0.15, -0.1) is 0 Å². The Bertz CT molecular complexity index is 667. The van der Waals surface area contributed by atoms with E-state index in [1.807, 2.05) is 5.32 Å². The minimum Gasteiger partial charge on any atom is -0.480 e. The third-order valence-electron chi connectivity index (χ3n) is 3.83. The molecule has 0 aromatic carbocycles. The molecule has 13 heteroatoms. The Balaban J connectivity index is 5.24. The SMILES string of the molecule is CC(C)CC(NC(=O)C(N)CCC(N)=O)C(=O)NC(CC(N)=O)C(=O)NCC(=O)O. The first-order chi connectivity index (χ1) is 13.8. The van der Waals surface area contributed by atoms with Crippen LogP contribution in [0.15, 0.2) is 0 Å². The van der Waals surface area contributed by atoms with Crippen LogP contribution in [0.2, 0.25) is 0 Å². The second kappa shape index (κ2) is 13.1. The van der Waals surface area contributed by atoms with E-state index in [1.54, 1.807) is 13.8 Å². The van der Waals surface area contributed by atoms with Crippen LogP contribution >= 0.6 is 0 Å². The number of aliphatic carboxylic acids is 1. The van der Waals surface area contributed by atoms with Crippen molar-refractivity contribution < 1.29 is 33.9 Å². The van der Waals surface area contributed by atoms with E-state index in [2.05, 4.69) is 10.6 Å². The first-order valence-corrected chi connectivity index (χ1v) is 9.25. The number of carboxylic acids is 1. The molecule has 0 aliphatic heterocycles. The highest BCUT2D eigenvalue weighted by molar-refractivity contribution is 5.95. The van der Waals surface area contributed by atoms with Crippen molar-refractivity contribution in [3.8, 4) is 0 Å². The molecule has 0 rings (SSSR count). The van der Waals surface area contributed by atoms with E-state index in [-0.39, 0.29) is 25.2 Å². The number of hydrogen-bond acceptors (Lipinski definition) is 7. The summed E-state index contributed by atoms with van der Waals surface area (Å²) in [5.41, 5.74) is 15.8. The smallest absolute Gasteiger partial charge is 0.322 e. The molecule has 5 amide bonds. The van der Waals surface area contributed by atoms with Gasteiger partial charge < -0.3 is 38.3 Å². The van der Waals surface area contributed by atoms with Gasteiger partial charge in [0.1, 0.15) is 18.6 Å². The molecule has 170 valence electrons. The number of carbonyl (C=O) groups excluding carboxylic acids is 5. The van der Waals surface area contributed by atoms with Crippen molar-refractivity contribution in [2.75, 3.05) is 6.54 Å². The van der Waals surface area contributed by atoms with Crippen molar-refractivity contribution in [2.45, 2.75) is 57.7 Å². The first kappa shape index (κ1) is 26.8. The highest BCUT2D eigenvalue weighted by Gasteiger charge is 2.29. The monoisotopic (exact) mass is 430 g/mol. The minimum absolute atomic E-state index is 0.0148. The van der Waals surface area contributed by atoms with E-state index in [1.165, 1.54) is 0 Å². The van der Waals surface area contributed by atoms with Crippen molar-refractivity contribution >= 4 is 35.5 Å². The van der Waals surface area contributed by atoms with Crippen molar-refractivity contribution in [1.82, 2.24) is 16.0 Å². The average Bonchev–Trinajstić information content (AvgIpc) is 2.61. The van der Waals surface area contributed by atoms with Gasteiger partial charge in [0.2, 0.25) is 29.5 Å². The van der Waals surface area contributed by atoms with E-state index in [0.717, 1.165) is 0 Å². The maximum Gasteiger partial charge on any atom is 0.322 e. The lowest BCUT2D eigenvalue weighted by atomic mass is 10.0. The van der Waals surface area contributed by atoms with Gasteiger partial charge in [0.25, 0.3) is 0 Å². The van der Waals surface area contributed by atoms with Gasteiger partial charge in [-0.2, -0.15) is 0 Å². The molecule has 0 spiro atoms. The Morgan fingerprint density at radius 2 is 1.43 bits per heavy atom. The highest BCUT2D eigenvalue weighted by atomic mass is 16.4. The quantitative estimate of drug-likeness (QED) is 0.147. The predicted molar refractivity (Wildman–Crippen MR) is 104 cm³/mol. The second-order valence-corrected chi connectivity index (χ2v) is 7.15. The lowest BCUT2D eigenvalue weighted by Gasteiger charge is -2.24. The molecule has 0 bridgehead atoms. The number of nitrogens with two attached hydrogens (primary N) is 3. The van der Waals surface area contributed by atoms with Crippen molar-refractivity contribution in [2.24, 2.45) is 23.1 Å². The Hall–Kier alpha value is -3.22. The van der Waals surface area contributed by atoms with Crippen molar-refractivity contribution in [1.29, 1.82) is 0 Å². The molecule has 10 N–H and O–H groups in total. The van der Waals surface area contributed by atoms with E-state index in [9.17, 15) is 28.8 Å². The van der Waals surface area contributed by atoms with Crippen LogP contribution in [0, 0.1) is 5.92 Å². The Kier molecular flexibility index (Phi) is 11.7. The fourth-order valence-electron chi connectivity index (χ4n) is 2.38. The number of carboxylic acid groups (broad SMARTS) is 1. The lowest BCUT2D eigenvalue weighted by Crippen LogP contribution is -2.57. The fourth-order valence-corrected chi connectivity index (χ4v) is 2.38. The van der Waals surface area contributed by atoms with Crippen LogP contribution in [0.5, 0.6) is 0 Å². The predicted octanol–water partition coefficient (Wildman–Crippen LogP) is -3.33. The van der Waals surface area contributed by atoms with Crippen LogP contribution in [0.25, 0.3) is 0 Å². The minimum atomic E-state index is -1.43. The van der Waals surface area contributed by atoms with Crippen LogP contribution in [-0.2, 0) is 28.8 Å². The lowest BCUT2D eigenvalue weighted by molar-refractivity contribution is -0.139. The summed E-state index contributed by atoms with van der Waals surface area (Å²) in [5.74, 6) is -5.28. The molecule has 30 heavy (non-hydrogen) atoms. The van der Waals surface area contributed by atoms with E-state index >= 15 is 0 Å². The molecule has 0 saturated carbocycles. The van der Waals surface area contributed by atoms with Gasteiger partial charge in [0.15, 0.2) is 0 Å². The van der Waals surface area contributed by atoms with Crippen molar-refractivity contribution in [3.63, 3.8) is 0 Å². The molecule has 3 unspecified atom stereocenters. The van der Waals surface area contributed by atoms with E-state index < -0.39 is 66.6 Å². The number of amides is 5. The molecule has 13 nitrogen and oxygen atoms in total. The van der Waals surface area contributed by atoms with Crippen LogP contribution in [-0.4, -0.2) is 65.3 Å². The topological polar surface area (TPSA) is 237 Å². The van der Waals surface area contributed by atoms with Crippen LogP contribution < -0.4 is 33.2 Å². The molecule has 0 aliphatic rings. The fraction of sp³-hybridized carbons (Fsp3) is 0.647. The Morgan fingerprint density at radius 1 is 0.867 bits per heavy atom. The number of primary amides is 2. The number of rotatable bonds is 14. The average molecular weight is 430 g/mol. The Morgan fingerprint density at radius 3 is 1.90 bits per heavy atom. The molecule has 0 aromatic heterocycles. The number of hydrogen-bond donors (Lipinski definition) is 7. The third-order valence-corrected chi connectivity index (χ3v) is 3.83. The van der Waals surface area contributed by atoms with E-state index in [4.69, 9.17) is 22.3 Å². The maximum atomic E-state index is 12.6. The molecule has 0 aromatic rings. The number of carbonyl (C=O) groups is 6. The van der Waals surface area contributed by atoms with Gasteiger partial charge >= 0.3 is 5.97 Å². The van der Waals surface area contributed by atoms with Gasteiger partial charge in [-0.25, -0.2) is 0 Å². The molecule has 0 saturated heterocycles. The molecule has 0 aliphatic carbocycles. The standard InChI is InChI=1S/C17H30N6O7/c1-8(2)5-10(22-15(28)9(18)3-4-12(19)24)17(30)23-11(6-13(20)25)16(29)21-7-14(26)27/h8-11H,3-7,18H2,1-2H3,(H2,19,24)(H2,20,25)(H,21,29)(H,22,28)(H,23,30)(H,26,27). The summed E-state index contributed by atoms with van der Waals surface area (Å²) in [5, 5.41) is 15.4. The van der Waals surface area contributed by atoms with Crippen molar-refractivity contribution in [3.05, 3.63) is 0 Å². The highest BCUT2D eigenvalue weighted by Crippen LogP contribution is 2.07. The molecular formula is C17H30N6O7.